The lowest BCUT2D eigenvalue weighted by atomic mass is 10.1. The molecule has 60 heavy (non-hydrogen) atoms. The Kier molecular flexibility index (Phi) is 22.9. The van der Waals surface area contributed by atoms with Crippen molar-refractivity contribution in [2.24, 2.45) is 30.7 Å². The van der Waals surface area contributed by atoms with Crippen molar-refractivity contribution in [2.45, 2.75) is 161 Å². The van der Waals surface area contributed by atoms with Crippen LogP contribution in [0.3, 0.4) is 0 Å². The first kappa shape index (κ1) is 49.4. The molecule has 0 aliphatic carbocycles. The molecule has 3 aromatic rings. The van der Waals surface area contributed by atoms with Gasteiger partial charge in [0.25, 0.3) is 17.7 Å². The Morgan fingerprint density at radius 2 is 0.817 bits per heavy atom. The molecule has 0 aliphatic rings. The smallest absolute Gasteiger partial charge is 0.298 e. The number of hydrogen-bond acceptors (Lipinski definition) is 9. The van der Waals surface area contributed by atoms with E-state index in [1.54, 1.807) is 54.6 Å². The van der Waals surface area contributed by atoms with E-state index >= 15 is 0 Å². The summed E-state index contributed by atoms with van der Waals surface area (Å²) in [5.74, 6) is -0.632. The third-order valence-electron chi connectivity index (χ3n) is 10.2. The van der Waals surface area contributed by atoms with E-state index in [0.717, 1.165) is 96.3 Å². The van der Waals surface area contributed by atoms with Crippen molar-refractivity contribution in [3.05, 3.63) is 89.5 Å². The van der Waals surface area contributed by atoms with E-state index in [9.17, 15) is 14.4 Å². The number of ether oxygens (including phenoxy) is 3. The molecule has 0 heterocycles. The average molecular weight is 841 g/mol. The molecule has 326 valence electrons. The van der Waals surface area contributed by atoms with Gasteiger partial charge in [-0.25, -0.2) is 0 Å². The van der Waals surface area contributed by atoms with Gasteiger partial charge in [0.05, 0.1) is 45.2 Å². The highest BCUT2D eigenvalue weighted by atomic mass is 28.1. The Morgan fingerprint density at radius 1 is 0.500 bits per heavy atom. The first-order chi connectivity index (χ1) is 29.1. The molecule has 0 aliphatic heterocycles. The number of amides is 3. The van der Waals surface area contributed by atoms with E-state index < -0.39 is 23.0 Å². The number of carbonyl (C=O) groups excluding carboxylic acids is 3. The van der Waals surface area contributed by atoms with Crippen LogP contribution in [0.5, 0.6) is 17.2 Å². The predicted molar refractivity (Wildman–Crippen MR) is 241 cm³/mol. The number of carbonyl (C=O) groups is 3. The van der Waals surface area contributed by atoms with Crippen LogP contribution in [0.1, 0.15) is 169 Å². The maximum atomic E-state index is 13.7. The van der Waals surface area contributed by atoms with Crippen molar-refractivity contribution in [3.8, 4) is 17.2 Å². The van der Waals surface area contributed by atoms with Gasteiger partial charge in [0.2, 0.25) is 0 Å². The molecule has 0 N–H and O–H groups in total. The standard InChI is InChI=1S/C47H68N6O6Si/c1-7-13-16-25-35(10-4)57-41-31-22-19-28-38(41)44(54)49-48-34-47(60,52-50-45(55)39-29-20-23-32-42(39)58-36(11-5)26-17-14-8-2)53-51-46(56)40-30-21-24-33-43(40)59-37(12-6)27-18-15-9-3/h19-24,28-33,35-37H,7-18,25-27,34H2,1-6,60H3. The third-order valence-corrected chi connectivity index (χ3v) is 10.9. The number of hydrogen-bond donors (Lipinski definition) is 0. The van der Waals surface area contributed by atoms with Gasteiger partial charge in [-0.3, -0.25) is 14.4 Å². The monoisotopic (exact) mass is 840 g/mol. The van der Waals surface area contributed by atoms with Crippen LogP contribution in [0, 0.1) is 0 Å². The molecule has 3 amide bonds. The molecule has 12 nitrogen and oxygen atoms in total. The summed E-state index contributed by atoms with van der Waals surface area (Å²) < 4.78 is 18.9. The predicted octanol–water partition coefficient (Wildman–Crippen LogP) is 12.1. The minimum absolute atomic E-state index is 0.0403. The molecular weight excluding hydrogens is 773 g/mol. The van der Waals surface area contributed by atoms with E-state index in [1.165, 1.54) is 0 Å². The van der Waals surface area contributed by atoms with Crippen LogP contribution >= 0.6 is 0 Å². The van der Waals surface area contributed by atoms with Crippen molar-refractivity contribution < 1.29 is 28.6 Å². The van der Waals surface area contributed by atoms with Crippen LogP contribution in [-0.2, 0) is 0 Å². The lowest BCUT2D eigenvalue weighted by molar-refractivity contribution is 0.0968. The SMILES string of the molecule is CCCCCC(CC)Oc1ccccc1C(=O)N=NCC([SiH3])(N=NC(=O)c1ccccc1OC(CC)CCCCC)N=NC(=O)c1ccccc1OC(CC)CCCCC. The first-order valence-electron chi connectivity index (χ1n) is 22.2. The van der Waals surface area contributed by atoms with Crippen LogP contribution in [-0.4, -0.2) is 58.1 Å². The summed E-state index contributed by atoms with van der Waals surface area (Å²) in [5, 5.41) is 23.5. The van der Waals surface area contributed by atoms with Gasteiger partial charge in [0.1, 0.15) is 23.8 Å². The molecule has 0 radical (unpaired) electrons. The Bertz CT molecular complexity index is 1770. The van der Waals surface area contributed by atoms with Gasteiger partial charge in [-0.05, 0) is 94.2 Å². The fourth-order valence-corrected chi connectivity index (χ4v) is 6.81. The number of benzene rings is 3. The van der Waals surface area contributed by atoms with E-state index in [4.69, 9.17) is 14.2 Å². The average Bonchev–Trinajstić information content (AvgIpc) is 3.27. The van der Waals surface area contributed by atoms with E-state index in [1.807, 2.05) is 18.2 Å². The van der Waals surface area contributed by atoms with Crippen molar-refractivity contribution in [1.82, 2.24) is 0 Å². The highest BCUT2D eigenvalue weighted by Gasteiger charge is 2.27. The van der Waals surface area contributed by atoms with Crippen LogP contribution < -0.4 is 14.2 Å². The normalized spacial score (nSPS) is 14.3. The second kappa shape index (κ2) is 27.8. The molecule has 3 atom stereocenters. The quantitative estimate of drug-likeness (QED) is 0.0403. The summed E-state index contributed by atoms with van der Waals surface area (Å²) in [4.78, 5) is 40.8. The van der Waals surface area contributed by atoms with Crippen LogP contribution in [0.4, 0.5) is 0 Å². The largest absolute Gasteiger partial charge is 0.490 e. The molecule has 3 aromatic carbocycles. The maximum absolute atomic E-state index is 13.7. The molecule has 0 fully saturated rings. The topological polar surface area (TPSA) is 153 Å². The molecule has 0 spiro atoms. The fraction of sp³-hybridized carbons (Fsp3) is 0.553. The zero-order valence-corrected chi connectivity index (χ0v) is 39.1. The Labute approximate surface area is 360 Å². The molecule has 13 heteroatoms. The first-order valence-corrected chi connectivity index (χ1v) is 23.2. The number of nitrogens with zero attached hydrogens (tertiary/aromatic N) is 6. The van der Waals surface area contributed by atoms with E-state index in [0.29, 0.717) is 17.2 Å². The van der Waals surface area contributed by atoms with Crippen molar-refractivity contribution >= 4 is 28.0 Å². The van der Waals surface area contributed by atoms with Gasteiger partial charge in [0, 0.05) is 0 Å². The maximum Gasteiger partial charge on any atom is 0.298 e. The molecular formula is C47H68N6O6Si. The number of para-hydroxylation sites is 3. The highest BCUT2D eigenvalue weighted by molar-refractivity contribution is 6.15. The zero-order valence-electron chi connectivity index (χ0n) is 37.1. The molecule has 3 rings (SSSR count). The van der Waals surface area contributed by atoms with Crippen LogP contribution in [0.25, 0.3) is 0 Å². The lowest BCUT2D eigenvalue weighted by Crippen LogP contribution is -2.28. The molecule has 0 saturated carbocycles. The Balaban J connectivity index is 1.93. The molecule has 0 aromatic heterocycles. The second-order valence-electron chi connectivity index (χ2n) is 15.4. The van der Waals surface area contributed by atoms with Crippen molar-refractivity contribution in [1.29, 1.82) is 0 Å². The zero-order chi connectivity index (χ0) is 43.6. The summed E-state index contributed by atoms with van der Waals surface area (Å²) in [7, 11) is 0.0994. The number of rotatable bonds is 28. The van der Waals surface area contributed by atoms with Gasteiger partial charge < -0.3 is 14.2 Å². The van der Waals surface area contributed by atoms with Gasteiger partial charge >= 0.3 is 0 Å². The second-order valence-corrected chi connectivity index (χ2v) is 17.0. The Morgan fingerprint density at radius 3 is 1.13 bits per heavy atom. The van der Waals surface area contributed by atoms with Crippen LogP contribution in [0.15, 0.2) is 103 Å². The summed E-state index contributed by atoms with van der Waals surface area (Å²) in [6.07, 6.45) is 14.6. The van der Waals surface area contributed by atoms with E-state index in [-0.39, 0.29) is 51.8 Å². The summed E-state index contributed by atoms with van der Waals surface area (Å²) in [6, 6.07) is 20.8. The number of unbranched alkanes of at least 4 members (excludes halogenated alkanes) is 6. The van der Waals surface area contributed by atoms with Gasteiger partial charge in [-0.1, -0.05) is 116 Å². The third kappa shape index (κ3) is 17.0. The van der Waals surface area contributed by atoms with E-state index in [2.05, 4.69) is 72.2 Å². The molecule has 0 saturated heterocycles. The van der Waals surface area contributed by atoms with Gasteiger partial charge in [0.15, 0.2) is 5.29 Å². The van der Waals surface area contributed by atoms with Crippen LogP contribution in [0.2, 0.25) is 0 Å². The summed E-state index contributed by atoms with van der Waals surface area (Å²) in [5.41, 5.74) is 0.767. The summed E-state index contributed by atoms with van der Waals surface area (Å²) in [6.45, 7) is 12.4. The van der Waals surface area contributed by atoms with Crippen molar-refractivity contribution in [2.75, 3.05) is 6.54 Å². The molecule has 0 bridgehead atoms. The molecule has 3 unspecified atom stereocenters. The number of azo groups is 3. The minimum Gasteiger partial charge on any atom is -0.490 e. The van der Waals surface area contributed by atoms with Crippen molar-refractivity contribution in [3.63, 3.8) is 0 Å². The lowest BCUT2D eigenvalue weighted by Gasteiger charge is -2.19. The van der Waals surface area contributed by atoms with Gasteiger partial charge in [-0.2, -0.15) is 15.3 Å². The Hall–Kier alpha value is -4.91. The fourth-order valence-electron chi connectivity index (χ4n) is 6.47. The summed E-state index contributed by atoms with van der Waals surface area (Å²) >= 11 is 0. The highest BCUT2D eigenvalue weighted by Crippen LogP contribution is 2.27. The minimum atomic E-state index is -1.57. The van der Waals surface area contributed by atoms with Gasteiger partial charge in [-0.15, -0.1) is 15.3 Å².